The largest absolute Gasteiger partial charge is 0.311 e. The van der Waals surface area contributed by atoms with Gasteiger partial charge in [0.05, 0.1) is 0 Å². The van der Waals surface area contributed by atoms with Crippen molar-refractivity contribution in [2.75, 3.05) is 26.2 Å². The van der Waals surface area contributed by atoms with Crippen LogP contribution in [0.2, 0.25) is 0 Å². The van der Waals surface area contributed by atoms with E-state index >= 15 is 0 Å². The zero-order valence-corrected chi connectivity index (χ0v) is 9.21. The van der Waals surface area contributed by atoms with Gasteiger partial charge in [-0.05, 0) is 32.1 Å². The van der Waals surface area contributed by atoms with Gasteiger partial charge in [0, 0.05) is 32.2 Å². The Bertz CT molecular complexity index is 196. The van der Waals surface area contributed by atoms with Crippen molar-refractivity contribution >= 4 is 0 Å². The van der Waals surface area contributed by atoms with Gasteiger partial charge in [-0.3, -0.25) is 0 Å². The van der Waals surface area contributed by atoms with E-state index in [1.807, 2.05) is 0 Å². The average molecular weight is 194 g/mol. The minimum atomic E-state index is 0.800. The average Bonchev–Trinajstić information content (AvgIpc) is 3.02. The van der Waals surface area contributed by atoms with Gasteiger partial charge in [0.25, 0.3) is 0 Å². The lowest BCUT2D eigenvalue weighted by Gasteiger charge is -2.33. The summed E-state index contributed by atoms with van der Waals surface area (Å²) in [5.74, 6) is 1.000. The van der Waals surface area contributed by atoms with Crippen molar-refractivity contribution in [3.63, 3.8) is 0 Å². The van der Waals surface area contributed by atoms with Crippen LogP contribution in [0.1, 0.15) is 26.2 Å². The first kappa shape index (κ1) is 10.2. The monoisotopic (exact) mass is 194 g/mol. The van der Waals surface area contributed by atoms with Crippen LogP contribution in [-0.2, 0) is 0 Å². The highest BCUT2D eigenvalue weighted by Gasteiger charge is 2.33. The molecule has 0 aromatic rings. The van der Waals surface area contributed by atoms with Crippen LogP contribution in [-0.4, -0.2) is 37.1 Å². The molecule has 2 heteroatoms. The second kappa shape index (κ2) is 4.94. The third-order valence-corrected chi connectivity index (χ3v) is 3.33. The number of hydrogen-bond acceptors (Lipinski definition) is 2. The molecule has 0 aromatic heterocycles. The maximum atomic E-state index is 3.64. The van der Waals surface area contributed by atoms with Gasteiger partial charge in [-0.1, -0.05) is 12.2 Å². The van der Waals surface area contributed by atoms with Gasteiger partial charge < -0.3 is 10.2 Å². The van der Waals surface area contributed by atoms with Gasteiger partial charge in [0.2, 0.25) is 0 Å². The molecule has 0 spiro atoms. The van der Waals surface area contributed by atoms with Crippen LogP contribution in [0.5, 0.6) is 0 Å². The molecule has 1 N–H and O–H groups in total. The Morgan fingerprint density at radius 3 is 3.00 bits per heavy atom. The fourth-order valence-corrected chi connectivity index (χ4v) is 2.28. The van der Waals surface area contributed by atoms with E-state index in [0.29, 0.717) is 0 Å². The molecule has 1 atom stereocenters. The number of nitrogens with zero attached hydrogens (tertiary/aromatic N) is 1. The van der Waals surface area contributed by atoms with Crippen molar-refractivity contribution in [1.82, 2.24) is 10.2 Å². The van der Waals surface area contributed by atoms with E-state index in [1.54, 1.807) is 0 Å². The molecular formula is C12H22N2. The fraction of sp³-hybridized carbons (Fsp3) is 0.833. The van der Waals surface area contributed by atoms with Crippen molar-refractivity contribution in [2.24, 2.45) is 5.92 Å². The zero-order valence-electron chi connectivity index (χ0n) is 9.21. The van der Waals surface area contributed by atoms with E-state index in [1.165, 1.54) is 45.4 Å². The van der Waals surface area contributed by atoms with Gasteiger partial charge in [0.15, 0.2) is 0 Å². The van der Waals surface area contributed by atoms with Gasteiger partial charge in [0.1, 0.15) is 0 Å². The lowest BCUT2D eigenvalue weighted by Crippen LogP contribution is -2.51. The molecule has 2 rings (SSSR count). The van der Waals surface area contributed by atoms with Crippen molar-refractivity contribution in [3.05, 3.63) is 12.2 Å². The van der Waals surface area contributed by atoms with E-state index in [4.69, 9.17) is 0 Å². The van der Waals surface area contributed by atoms with Gasteiger partial charge in [-0.25, -0.2) is 0 Å². The molecule has 0 radical (unpaired) electrons. The molecule has 80 valence electrons. The van der Waals surface area contributed by atoms with Crippen LogP contribution in [0.4, 0.5) is 0 Å². The Balaban J connectivity index is 1.70. The quantitative estimate of drug-likeness (QED) is 0.684. The summed E-state index contributed by atoms with van der Waals surface area (Å²) in [6.45, 7) is 7.06. The molecule has 2 nitrogen and oxygen atoms in total. The SMILES string of the molecule is C/C=C/CCN1CCNC(C2CC2)C1. The van der Waals surface area contributed by atoms with Crippen LogP contribution < -0.4 is 5.32 Å². The Hall–Kier alpha value is -0.340. The molecule has 1 unspecified atom stereocenters. The van der Waals surface area contributed by atoms with Crippen molar-refractivity contribution in [2.45, 2.75) is 32.2 Å². The number of allylic oxidation sites excluding steroid dienone is 1. The molecule has 2 aliphatic rings. The molecule has 0 amide bonds. The molecule has 1 heterocycles. The third-order valence-electron chi connectivity index (χ3n) is 3.33. The van der Waals surface area contributed by atoms with E-state index in [-0.39, 0.29) is 0 Å². The van der Waals surface area contributed by atoms with Crippen LogP contribution >= 0.6 is 0 Å². The van der Waals surface area contributed by atoms with E-state index < -0.39 is 0 Å². The molecule has 0 bridgehead atoms. The molecule has 1 aliphatic heterocycles. The maximum absolute atomic E-state index is 3.64. The summed E-state index contributed by atoms with van der Waals surface area (Å²) in [5.41, 5.74) is 0. The number of piperazine rings is 1. The lowest BCUT2D eigenvalue weighted by molar-refractivity contribution is 0.191. The van der Waals surface area contributed by atoms with E-state index in [2.05, 4.69) is 29.3 Å². The van der Waals surface area contributed by atoms with Crippen LogP contribution in [0.15, 0.2) is 12.2 Å². The Kier molecular flexibility index (Phi) is 3.60. The van der Waals surface area contributed by atoms with Crippen molar-refractivity contribution in [1.29, 1.82) is 0 Å². The molecule has 1 saturated carbocycles. The summed E-state index contributed by atoms with van der Waals surface area (Å²) < 4.78 is 0. The number of hydrogen-bond donors (Lipinski definition) is 1. The molecule has 2 fully saturated rings. The fourth-order valence-electron chi connectivity index (χ4n) is 2.28. The Morgan fingerprint density at radius 1 is 1.43 bits per heavy atom. The molecular weight excluding hydrogens is 172 g/mol. The smallest absolute Gasteiger partial charge is 0.0223 e. The topological polar surface area (TPSA) is 15.3 Å². The van der Waals surface area contributed by atoms with Crippen molar-refractivity contribution < 1.29 is 0 Å². The summed E-state index contributed by atoms with van der Waals surface area (Å²) >= 11 is 0. The summed E-state index contributed by atoms with van der Waals surface area (Å²) in [4.78, 5) is 2.61. The minimum Gasteiger partial charge on any atom is -0.311 e. The highest BCUT2D eigenvalue weighted by molar-refractivity contribution is 4.91. The van der Waals surface area contributed by atoms with Crippen LogP contribution in [0.25, 0.3) is 0 Å². The van der Waals surface area contributed by atoms with Gasteiger partial charge in [-0.2, -0.15) is 0 Å². The zero-order chi connectivity index (χ0) is 9.80. The molecule has 1 aliphatic carbocycles. The van der Waals surface area contributed by atoms with Gasteiger partial charge >= 0.3 is 0 Å². The van der Waals surface area contributed by atoms with E-state index in [0.717, 1.165) is 12.0 Å². The number of nitrogens with one attached hydrogen (secondary N) is 1. The van der Waals surface area contributed by atoms with Crippen LogP contribution in [0.3, 0.4) is 0 Å². The molecule has 1 saturated heterocycles. The first-order valence-electron chi connectivity index (χ1n) is 5.97. The first-order valence-corrected chi connectivity index (χ1v) is 5.97. The van der Waals surface area contributed by atoms with E-state index in [9.17, 15) is 0 Å². The first-order chi connectivity index (χ1) is 6.90. The highest BCUT2D eigenvalue weighted by atomic mass is 15.2. The normalized spacial score (nSPS) is 29.9. The highest BCUT2D eigenvalue weighted by Crippen LogP contribution is 2.33. The van der Waals surface area contributed by atoms with Crippen molar-refractivity contribution in [3.8, 4) is 0 Å². The third kappa shape index (κ3) is 2.82. The summed E-state index contributed by atoms with van der Waals surface area (Å²) in [7, 11) is 0. The lowest BCUT2D eigenvalue weighted by atomic mass is 10.1. The molecule has 14 heavy (non-hydrogen) atoms. The predicted octanol–water partition coefficient (Wildman–Crippen LogP) is 1.64. The second-order valence-corrected chi connectivity index (χ2v) is 4.56. The number of rotatable bonds is 4. The standard InChI is InChI=1S/C12H22N2/c1-2-3-4-8-14-9-7-13-12(10-14)11-5-6-11/h2-3,11-13H,4-10H2,1H3/b3-2+. The summed E-state index contributed by atoms with van der Waals surface area (Å²) in [6, 6.07) is 0.800. The maximum Gasteiger partial charge on any atom is 0.0223 e. The molecule has 0 aromatic carbocycles. The summed E-state index contributed by atoms with van der Waals surface area (Å²) in [5, 5.41) is 3.64. The van der Waals surface area contributed by atoms with Gasteiger partial charge in [-0.15, -0.1) is 0 Å². The minimum absolute atomic E-state index is 0.800. The Labute approximate surface area is 87.4 Å². The second-order valence-electron chi connectivity index (χ2n) is 4.56. The predicted molar refractivity (Wildman–Crippen MR) is 60.4 cm³/mol. The summed E-state index contributed by atoms with van der Waals surface area (Å²) in [6.07, 6.45) is 8.56. The van der Waals surface area contributed by atoms with Crippen LogP contribution in [0, 0.1) is 5.92 Å². The Morgan fingerprint density at radius 2 is 2.29 bits per heavy atom.